The van der Waals surface area contributed by atoms with E-state index >= 15 is 0 Å². The van der Waals surface area contributed by atoms with E-state index in [9.17, 15) is 4.79 Å². The van der Waals surface area contributed by atoms with Crippen molar-refractivity contribution < 1.29 is 19.2 Å². The lowest BCUT2D eigenvalue weighted by Gasteiger charge is -2.31. The second-order valence-electron chi connectivity index (χ2n) is 3.97. The summed E-state index contributed by atoms with van der Waals surface area (Å²) in [7, 11) is 0. The van der Waals surface area contributed by atoms with Crippen LogP contribution in [-0.2, 0) is 4.74 Å². The minimum Gasteiger partial charge on any atom is -0.394 e. The number of ether oxygens (including phenoxy) is 1. The lowest BCUT2D eigenvalue weighted by molar-refractivity contribution is -0.00571. The third-order valence-electron chi connectivity index (χ3n) is 2.83. The minimum absolute atomic E-state index is 0.0398. The van der Waals surface area contributed by atoms with E-state index in [0.717, 1.165) is 12.8 Å². The summed E-state index contributed by atoms with van der Waals surface area (Å²) in [4.78, 5) is 13.7. The number of aromatic nitrogens is 1. The van der Waals surface area contributed by atoms with E-state index in [1.807, 2.05) is 0 Å². The standard InChI is InChI=1S/C11H16N2O4/c14-6-8-16-9-1-4-13(5-2-9)11(15)10-3-7-17-12-10/h3,7,9,14H,1-2,4-6,8H2. The zero-order valence-corrected chi connectivity index (χ0v) is 9.54. The molecule has 0 aromatic carbocycles. The Balaban J connectivity index is 1.81. The number of carbonyl (C=O) groups is 1. The number of amides is 1. The molecule has 1 aliphatic rings. The molecular weight excluding hydrogens is 224 g/mol. The minimum atomic E-state index is -0.0978. The molecule has 1 saturated heterocycles. The second kappa shape index (κ2) is 5.79. The number of likely N-dealkylation sites (tertiary alicyclic amines) is 1. The van der Waals surface area contributed by atoms with Gasteiger partial charge in [-0.05, 0) is 12.8 Å². The van der Waals surface area contributed by atoms with Gasteiger partial charge in [0.2, 0.25) is 0 Å². The highest BCUT2D eigenvalue weighted by Crippen LogP contribution is 2.15. The first kappa shape index (κ1) is 12.1. The van der Waals surface area contributed by atoms with Crippen LogP contribution >= 0.6 is 0 Å². The number of hydrogen-bond acceptors (Lipinski definition) is 5. The molecular formula is C11H16N2O4. The van der Waals surface area contributed by atoms with Crippen LogP contribution in [0, 0.1) is 0 Å². The third kappa shape index (κ3) is 3.04. The molecule has 2 rings (SSSR count). The molecule has 6 heteroatoms. The fraction of sp³-hybridized carbons (Fsp3) is 0.636. The van der Waals surface area contributed by atoms with Crippen LogP contribution in [-0.4, -0.2) is 53.5 Å². The van der Waals surface area contributed by atoms with Gasteiger partial charge in [0.15, 0.2) is 5.69 Å². The predicted molar refractivity (Wildman–Crippen MR) is 58.5 cm³/mol. The lowest BCUT2D eigenvalue weighted by Crippen LogP contribution is -2.41. The summed E-state index contributed by atoms with van der Waals surface area (Å²) in [6.07, 6.45) is 3.13. The monoisotopic (exact) mass is 240 g/mol. The summed E-state index contributed by atoms with van der Waals surface area (Å²) in [5.41, 5.74) is 0.347. The van der Waals surface area contributed by atoms with E-state index < -0.39 is 0 Å². The van der Waals surface area contributed by atoms with Gasteiger partial charge in [0.05, 0.1) is 19.3 Å². The zero-order chi connectivity index (χ0) is 12.1. The van der Waals surface area contributed by atoms with Crippen LogP contribution in [0.3, 0.4) is 0 Å². The van der Waals surface area contributed by atoms with Crippen molar-refractivity contribution in [3.63, 3.8) is 0 Å². The Labute approximate surface area is 99.1 Å². The summed E-state index contributed by atoms with van der Waals surface area (Å²) in [5, 5.41) is 12.3. The van der Waals surface area contributed by atoms with Gasteiger partial charge in [-0.1, -0.05) is 5.16 Å². The topological polar surface area (TPSA) is 75.8 Å². The van der Waals surface area contributed by atoms with Crippen LogP contribution in [0.1, 0.15) is 23.3 Å². The van der Waals surface area contributed by atoms with E-state index in [1.165, 1.54) is 6.26 Å². The van der Waals surface area contributed by atoms with E-state index in [2.05, 4.69) is 9.68 Å². The Morgan fingerprint density at radius 1 is 1.59 bits per heavy atom. The molecule has 6 nitrogen and oxygen atoms in total. The molecule has 1 amide bonds. The molecule has 1 fully saturated rings. The van der Waals surface area contributed by atoms with Crippen molar-refractivity contribution in [2.45, 2.75) is 18.9 Å². The average molecular weight is 240 g/mol. The highest BCUT2D eigenvalue weighted by molar-refractivity contribution is 5.92. The lowest BCUT2D eigenvalue weighted by atomic mass is 10.1. The molecule has 0 radical (unpaired) electrons. The Morgan fingerprint density at radius 2 is 2.35 bits per heavy atom. The van der Waals surface area contributed by atoms with Gasteiger partial charge in [-0.2, -0.15) is 0 Å². The SMILES string of the molecule is O=C(c1ccon1)N1CCC(OCCO)CC1. The molecule has 1 aromatic heterocycles. The first-order valence-electron chi connectivity index (χ1n) is 5.73. The average Bonchev–Trinajstić information content (AvgIpc) is 2.90. The zero-order valence-electron chi connectivity index (χ0n) is 9.54. The summed E-state index contributed by atoms with van der Waals surface area (Å²) < 4.78 is 10.1. The number of piperidine rings is 1. The van der Waals surface area contributed by atoms with E-state index in [0.29, 0.717) is 25.4 Å². The molecule has 1 aliphatic heterocycles. The first-order chi connectivity index (χ1) is 8.31. The maximum Gasteiger partial charge on any atom is 0.276 e. The quantitative estimate of drug-likeness (QED) is 0.818. The van der Waals surface area contributed by atoms with Gasteiger partial charge in [0, 0.05) is 19.2 Å². The maximum atomic E-state index is 11.9. The Hall–Kier alpha value is -1.40. The van der Waals surface area contributed by atoms with Crippen LogP contribution in [0.4, 0.5) is 0 Å². The molecule has 0 spiro atoms. The molecule has 17 heavy (non-hydrogen) atoms. The number of aliphatic hydroxyl groups excluding tert-OH is 1. The molecule has 94 valence electrons. The van der Waals surface area contributed by atoms with Crippen molar-refractivity contribution >= 4 is 5.91 Å². The summed E-state index contributed by atoms with van der Waals surface area (Å²) in [5.74, 6) is -0.0978. The fourth-order valence-electron chi connectivity index (χ4n) is 1.93. The fourth-order valence-corrected chi connectivity index (χ4v) is 1.93. The van der Waals surface area contributed by atoms with Crippen LogP contribution < -0.4 is 0 Å². The van der Waals surface area contributed by atoms with Crippen LogP contribution in [0.25, 0.3) is 0 Å². The van der Waals surface area contributed by atoms with Crippen LogP contribution in [0.5, 0.6) is 0 Å². The summed E-state index contributed by atoms with van der Waals surface area (Å²) in [6, 6.07) is 1.57. The maximum absolute atomic E-state index is 11.9. The second-order valence-corrected chi connectivity index (χ2v) is 3.97. The number of aliphatic hydroxyl groups is 1. The van der Waals surface area contributed by atoms with E-state index in [1.54, 1.807) is 11.0 Å². The van der Waals surface area contributed by atoms with Crippen LogP contribution in [0.15, 0.2) is 16.9 Å². The van der Waals surface area contributed by atoms with E-state index in [-0.39, 0.29) is 18.6 Å². The first-order valence-corrected chi connectivity index (χ1v) is 5.73. The van der Waals surface area contributed by atoms with Crippen molar-refractivity contribution in [2.24, 2.45) is 0 Å². The molecule has 0 unspecified atom stereocenters. The van der Waals surface area contributed by atoms with Crippen molar-refractivity contribution in [1.29, 1.82) is 0 Å². The summed E-state index contributed by atoms with van der Waals surface area (Å²) >= 11 is 0. The molecule has 1 N–H and O–H groups in total. The number of rotatable bonds is 4. The van der Waals surface area contributed by atoms with Crippen molar-refractivity contribution in [1.82, 2.24) is 10.1 Å². The van der Waals surface area contributed by atoms with Gasteiger partial charge in [-0.3, -0.25) is 4.79 Å². The Kier molecular flexibility index (Phi) is 4.11. The smallest absolute Gasteiger partial charge is 0.276 e. The third-order valence-corrected chi connectivity index (χ3v) is 2.83. The molecule has 0 aliphatic carbocycles. The van der Waals surface area contributed by atoms with Crippen LogP contribution in [0.2, 0.25) is 0 Å². The predicted octanol–water partition coefficient (Wildman–Crippen LogP) is 0.288. The number of hydrogen-bond donors (Lipinski definition) is 1. The highest BCUT2D eigenvalue weighted by Gasteiger charge is 2.25. The normalized spacial score (nSPS) is 17.4. The van der Waals surface area contributed by atoms with Gasteiger partial charge in [0.1, 0.15) is 6.26 Å². The number of nitrogens with zero attached hydrogens (tertiary/aromatic N) is 2. The molecule has 0 bridgehead atoms. The summed E-state index contributed by atoms with van der Waals surface area (Å²) in [6.45, 7) is 1.71. The Bertz CT molecular complexity index is 344. The van der Waals surface area contributed by atoms with Crippen molar-refractivity contribution in [3.8, 4) is 0 Å². The van der Waals surface area contributed by atoms with E-state index in [4.69, 9.17) is 9.84 Å². The number of carbonyl (C=O) groups excluding carboxylic acids is 1. The van der Waals surface area contributed by atoms with Gasteiger partial charge in [-0.15, -0.1) is 0 Å². The van der Waals surface area contributed by atoms with Crippen molar-refractivity contribution in [3.05, 3.63) is 18.0 Å². The molecule has 2 heterocycles. The van der Waals surface area contributed by atoms with Gasteiger partial charge >= 0.3 is 0 Å². The Morgan fingerprint density at radius 3 is 2.94 bits per heavy atom. The molecule has 0 saturated carbocycles. The largest absolute Gasteiger partial charge is 0.394 e. The highest BCUT2D eigenvalue weighted by atomic mass is 16.5. The van der Waals surface area contributed by atoms with Gasteiger partial charge < -0.3 is 19.3 Å². The molecule has 1 aromatic rings. The van der Waals surface area contributed by atoms with Gasteiger partial charge in [-0.25, -0.2) is 0 Å². The van der Waals surface area contributed by atoms with Gasteiger partial charge in [0.25, 0.3) is 5.91 Å². The molecule has 0 atom stereocenters. The van der Waals surface area contributed by atoms with Crippen molar-refractivity contribution in [2.75, 3.05) is 26.3 Å².